The number of nitrogens with zero attached hydrogens (tertiary/aromatic N) is 1. The molecule has 0 aliphatic carbocycles. The van der Waals surface area contributed by atoms with Gasteiger partial charge in [-0.15, -0.1) is 24.8 Å². The van der Waals surface area contributed by atoms with Gasteiger partial charge >= 0.3 is 0 Å². The van der Waals surface area contributed by atoms with Crippen molar-refractivity contribution in [2.24, 2.45) is 5.73 Å². The highest BCUT2D eigenvalue weighted by atomic mass is 35.5. The van der Waals surface area contributed by atoms with Crippen LogP contribution in [0.15, 0.2) is 54.7 Å². The van der Waals surface area contributed by atoms with Crippen LogP contribution < -0.4 is 16.4 Å². The Balaban J connectivity index is 0.00000288. The molecule has 5 nitrogen and oxygen atoms in total. The van der Waals surface area contributed by atoms with Crippen LogP contribution in [-0.2, 0) is 11.2 Å². The second-order valence-corrected chi connectivity index (χ2v) is 5.44. The van der Waals surface area contributed by atoms with Crippen LogP contribution in [0.3, 0.4) is 0 Å². The molecule has 0 bridgehead atoms. The van der Waals surface area contributed by atoms with Gasteiger partial charge in [0.2, 0.25) is 5.91 Å². The fourth-order valence-corrected chi connectivity index (χ4v) is 2.24. The van der Waals surface area contributed by atoms with Crippen LogP contribution in [0.4, 0.5) is 5.82 Å². The summed E-state index contributed by atoms with van der Waals surface area (Å²) in [7, 11) is 0. The molecule has 1 heterocycles. The average molecular weight is 385 g/mol. The third-order valence-corrected chi connectivity index (χ3v) is 3.51. The molecule has 1 unspecified atom stereocenters. The highest BCUT2D eigenvalue weighted by Gasteiger charge is 2.12. The van der Waals surface area contributed by atoms with E-state index in [9.17, 15) is 4.79 Å². The number of benzene rings is 1. The maximum atomic E-state index is 11.9. The van der Waals surface area contributed by atoms with Gasteiger partial charge in [0, 0.05) is 19.3 Å². The summed E-state index contributed by atoms with van der Waals surface area (Å²) >= 11 is 0. The number of nitrogens with one attached hydrogen (secondary N) is 2. The van der Waals surface area contributed by atoms with Gasteiger partial charge in [-0.2, -0.15) is 0 Å². The van der Waals surface area contributed by atoms with Crippen LogP contribution in [0.1, 0.15) is 18.4 Å². The number of hydrogen-bond acceptors (Lipinski definition) is 4. The quantitative estimate of drug-likeness (QED) is 0.580. The Hall–Kier alpha value is -1.82. The molecule has 0 saturated heterocycles. The normalized spacial score (nSPS) is 10.8. The van der Waals surface area contributed by atoms with E-state index in [1.807, 2.05) is 48.5 Å². The monoisotopic (exact) mass is 384 g/mol. The Bertz CT molecular complexity index is 584. The van der Waals surface area contributed by atoms with Gasteiger partial charge in [-0.05, 0) is 37.0 Å². The average Bonchev–Trinajstić information content (AvgIpc) is 2.59. The van der Waals surface area contributed by atoms with Gasteiger partial charge in [0.05, 0.1) is 6.04 Å². The number of aromatic nitrogens is 1. The molecule has 1 aromatic heterocycles. The summed E-state index contributed by atoms with van der Waals surface area (Å²) in [4.78, 5) is 16.1. The molecule has 4 N–H and O–H groups in total. The molecular weight excluding hydrogens is 359 g/mol. The van der Waals surface area contributed by atoms with E-state index in [2.05, 4.69) is 15.6 Å². The molecular formula is C18H26Cl2N4O. The third kappa shape index (κ3) is 9.29. The van der Waals surface area contributed by atoms with Gasteiger partial charge in [0.15, 0.2) is 0 Å². The van der Waals surface area contributed by atoms with Crippen LogP contribution in [0, 0.1) is 0 Å². The van der Waals surface area contributed by atoms with Crippen molar-refractivity contribution >= 4 is 36.5 Å². The lowest BCUT2D eigenvalue weighted by molar-refractivity contribution is -0.122. The van der Waals surface area contributed by atoms with E-state index in [0.717, 1.165) is 30.8 Å². The van der Waals surface area contributed by atoms with E-state index in [1.54, 1.807) is 6.20 Å². The molecule has 0 radical (unpaired) electrons. The Morgan fingerprint density at radius 3 is 2.36 bits per heavy atom. The summed E-state index contributed by atoms with van der Waals surface area (Å²) < 4.78 is 0. The van der Waals surface area contributed by atoms with Crippen LogP contribution >= 0.6 is 24.8 Å². The smallest absolute Gasteiger partial charge is 0.237 e. The molecule has 7 heteroatoms. The molecule has 2 rings (SSSR count). The number of hydrogen-bond donors (Lipinski definition) is 3. The predicted molar refractivity (Wildman–Crippen MR) is 108 cm³/mol. The lowest BCUT2D eigenvalue weighted by Crippen LogP contribution is -2.42. The van der Waals surface area contributed by atoms with E-state index < -0.39 is 6.04 Å². The summed E-state index contributed by atoms with van der Waals surface area (Å²) in [5.41, 5.74) is 7.01. The molecule has 1 atom stereocenters. The first-order valence-corrected chi connectivity index (χ1v) is 7.98. The van der Waals surface area contributed by atoms with Crippen LogP contribution in [0.5, 0.6) is 0 Å². The molecule has 1 amide bonds. The summed E-state index contributed by atoms with van der Waals surface area (Å²) in [5.74, 6) is 0.785. The highest BCUT2D eigenvalue weighted by Crippen LogP contribution is 2.02. The van der Waals surface area contributed by atoms with Crippen LogP contribution in [0.25, 0.3) is 0 Å². The summed E-state index contributed by atoms with van der Waals surface area (Å²) in [6.07, 6.45) is 4.19. The number of anilines is 1. The van der Waals surface area contributed by atoms with Crippen molar-refractivity contribution in [1.29, 1.82) is 0 Å². The number of nitrogens with two attached hydrogens (primary N) is 1. The maximum Gasteiger partial charge on any atom is 0.237 e. The molecule has 0 aliphatic rings. The number of carbonyl (C=O) groups is 1. The largest absolute Gasteiger partial charge is 0.370 e. The number of rotatable bonds is 9. The maximum absolute atomic E-state index is 11.9. The fourth-order valence-electron chi connectivity index (χ4n) is 2.24. The summed E-state index contributed by atoms with van der Waals surface area (Å²) in [6.45, 7) is 1.48. The zero-order valence-corrected chi connectivity index (χ0v) is 15.7. The summed E-state index contributed by atoms with van der Waals surface area (Å²) in [5, 5.41) is 6.13. The van der Waals surface area contributed by atoms with Crippen molar-refractivity contribution < 1.29 is 4.79 Å². The molecule has 138 valence electrons. The number of unbranched alkanes of at least 4 members (excludes halogenated alkanes) is 1. The molecule has 0 spiro atoms. The Morgan fingerprint density at radius 1 is 1.00 bits per heavy atom. The van der Waals surface area contributed by atoms with Crippen LogP contribution in [0.2, 0.25) is 0 Å². The topological polar surface area (TPSA) is 80.0 Å². The number of carbonyl (C=O) groups excluding carboxylic acids is 1. The second kappa shape index (κ2) is 13.5. The van der Waals surface area contributed by atoms with Crippen molar-refractivity contribution in [3.63, 3.8) is 0 Å². The Morgan fingerprint density at radius 2 is 1.68 bits per heavy atom. The minimum Gasteiger partial charge on any atom is -0.370 e. The van der Waals surface area contributed by atoms with Crippen molar-refractivity contribution in [2.75, 3.05) is 18.4 Å². The first-order chi connectivity index (χ1) is 11.3. The van der Waals surface area contributed by atoms with Gasteiger partial charge < -0.3 is 16.4 Å². The fraction of sp³-hybridized carbons (Fsp3) is 0.333. The molecule has 25 heavy (non-hydrogen) atoms. The molecule has 0 saturated carbocycles. The van der Waals surface area contributed by atoms with Gasteiger partial charge in [0.25, 0.3) is 0 Å². The van der Waals surface area contributed by atoms with Gasteiger partial charge in [-0.25, -0.2) is 4.98 Å². The molecule has 2 aromatic rings. The van der Waals surface area contributed by atoms with Crippen molar-refractivity contribution in [3.05, 3.63) is 60.3 Å². The number of halogens is 2. The molecule has 1 aromatic carbocycles. The Kier molecular flexibility index (Phi) is 12.5. The number of amides is 1. The summed E-state index contributed by atoms with van der Waals surface area (Å²) in [6, 6.07) is 15.1. The zero-order valence-electron chi connectivity index (χ0n) is 14.1. The van der Waals surface area contributed by atoms with Crippen molar-refractivity contribution in [1.82, 2.24) is 10.3 Å². The van der Waals surface area contributed by atoms with E-state index in [4.69, 9.17) is 5.73 Å². The van der Waals surface area contributed by atoms with Gasteiger partial charge in [-0.3, -0.25) is 4.79 Å². The minimum absolute atomic E-state index is 0. The highest BCUT2D eigenvalue weighted by molar-refractivity contribution is 5.85. The van der Waals surface area contributed by atoms with Crippen molar-refractivity contribution in [3.8, 4) is 0 Å². The first kappa shape index (κ1) is 23.2. The van der Waals surface area contributed by atoms with E-state index in [0.29, 0.717) is 13.0 Å². The van der Waals surface area contributed by atoms with Crippen LogP contribution in [-0.4, -0.2) is 30.0 Å². The second-order valence-electron chi connectivity index (χ2n) is 5.44. The Labute approximate surface area is 161 Å². The minimum atomic E-state index is -0.496. The lowest BCUT2D eigenvalue weighted by Gasteiger charge is -2.12. The molecule has 0 fully saturated rings. The standard InChI is InChI=1S/C18H24N4O.2ClH/c19-16(14-15-8-2-1-3-9-15)18(23)22-13-7-6-12-21-17-10-4-5-11-20-17;;/h1-5,8-11,16H,6-7,12-14,19H2,(H,20,21)(H,22,23);2*1H. The first-order valence-electron chi connectivity index (χ1n) is 7.98. The van der Waals surface area contributed by atoms with E-state index in [-0.39, 0.29) is 30.7 Å². The van der Waals surface area contributed by atoms with E-state index >= 15 is 0 Å². The number of pyridine rings is 1. The molecule has 0 aliphatic heterocycles. The zero-order chi connectivity index (χ0) is 16.3. The predicted octanol–water partition coefficient (Wildman–Crippen LogP) is 2.80. The van der Waals surface area contributed by atoms with Gasteiger partial charge in [-0.1, -0.05) is 36.4 Å². The van der Waals surface area contributed by atoms with E-state index in [1.165, 1.54) is 0 Å². The third-order valence-electron chi connectivity index (χ3n) is 3.51. The lowest BCUT2D eigenvalue weighted by atomic mass is 10.1. The van der Waals surface area contributed by atoms with Gasteiger partial charge in [0.1, 0.15) is 5.82 Å². The SMILES string of the molecule is Cl.Cl.NC(Cc1ccccc1)C(=O)NCCCCNc1ccccn1. The van der Waals surface area contributed by atoms with Crippen molar-refractivity contribution in [2.45, 2.75) is 25.3 Å².